The summed E-state index contributed by atoms with van der Waals surface area (Å²) in [5, 5.41) is 9.31. The molecule has 0 radical (unpaired) electrons. The summed E-state index contributed by atoms with van der Waals surface area (Å²) in [5.41, 5.74) is 0.408. The molecule has 1 saturated heterocycles. The molecule has 5 nitrogen and oxygen atoms in total. The van der Waals surface area contributed by atoms with Crippen LogP contribution in [-0.2, 0) is 4.79 Å². The van der Waals surface area contributed by atoms with Crippen molar-refractivity contribution in [3.8, 4) is 6.07 Å². The summed E-state index contributed by atoms with van der Waals surface area (Å²) in [5.74, 6) is 0.551. The van der Waals surface area contributed by atoms with Gasteiger partial charge < -0.3 is 4.90 Å². The maximum absolute atomic E-state index is 12.5. The number of nitriles is 1. The predicted molar refractivity (Wildman–Crippen MR) is 91.8 cm³/mol. The number of nitrogens with zero attached hydrogens (tertiary/aromatic N) is 4. The summed E-state index contributed by atoms with van der Waals surface area (Å²) in [4.78, 5) is 18.9. The van der Waals surface area contributed by atoms with Crippen LogP contribution in [0.1, 0.15) is 40.5 Å². The van der Waals surface area contributed by atoms with Gasteiger partial charge in [0.15, 0.2) is 0 Å². The minimum atomic E-state index is -0.0373. The molecule has 130 valence electrons. The Morgan fingerprint density at radius 3 is 2.22 bits per heavy atom. The fraction of sp³-hybridized carbons (Fsp3) is 0.889. The largest absolute Gasteiger partial charge is 0.339 e. The molecular formula is C18H32N4O. The summed E-state index contributed by atoms with van der Waals surface area (Å²) in [6.07, 6.45) is 2.55. The monoisotopic (exact) mass is 320 g/mol. The minimum absolute atomic E-state index is 0.0373. The third-order valence-electron chi connectivity index (χ3n) is 5.92. The van der Waals surface area contributed by atoms with Gasteiger partial charge in [-0.05, 0) is 38.1 Å². The molecule has 2 atom stereocenters. The van der Waals surface area contributed by atoms with Gasteiger partial charge >= 0.3 is 0 Å². The molecule has 1 heterocycles. The molecule has 1 aliphatic heterocycles. The maximum Gasteiger partial charge on any atom is 0.236 e. The fourth-order valence-electron chi connectivity index (χ4n) is 3.50. The van der Waals surface area contributed by atoms with Gasteiger partial charge in [0.05, 0.1) is 12.6 Å². The van der Waals surface area contributed by atoms with Gasteiger partial charge in [-0.1, -0.05) is 20.8 Å². The van der Waals surface area contributed by atoms with Crippen LogP contribution in [0.15, 0.2) is 0 Å². The molecular weight excluding hydrogens is 288 g/mol. The molecule has 2 fully saturated rings. The Morgan fingerprint density at radius 1 is 1.22 bits per heavy atom. The average molecular weight is 320 g/mol. The first-order chi connectivity index (χ1) is 10.8. The highest BCUT2D eigenvalue weighted by atomic mass is 16.2. The van der Waals surface area contributed by atoms with Crippen molar-refractivity contribution < 1.29 is 4.79 Å². The molecule has 0 unspecified atom stereocenters. The van der Waals surface area contributed by atoms with Gasteiger partial charge in [-0.2, -0.15) is 5.26 Å². The van der Waals surface area contributed by atoms with E-state index in [-0.39, 0.29) is 11.9 Å². The number of piperazine rings is 1. The molecule has 1 aliphatic carbocycles. The predicted octanol–water partition coefficient (Wildman–Crippen LogP) is 1.80. The van der Waals surface area contributed by atoms with E-state index in [0.29, 0.717) is 23.9 Å². The van der Waals surface area contributed by atoms with E-state index in [1.54, 1.807) is 0 Å². The van der Waals surface area contributed by atoms with Crippen LogP contribution >= 0.6 is 0 Å². The third-order valence-corrected chi connectivity index (χ3v) is 5.92. The lowest BCUT2D eigenvalue weighted by atomic mass is 9.99. The molecule has 1 amide bonds. The van der Waals surface area contributed by atoms with Crippen molar-refractivity contribution in [3.05, 3.63) is 0 Å². The Hall–Kier alpha value is -1.12. The van der Waals surface area contributed by atoms with Gasteiger partial charge in [0, 0.05) is 32.2 Å². The van der Waals surface area contributed by atoms with Crippen LogP contribution in [0.2, 0.25) is 0 Å². The van der Waals surface area contributed by atoms with Gasteiger partial charge in [-0.3, -0.25) is 14.6 Å². The second-order valence-electron chi connectivity index (χ2n) is 7.98. The van der Waals surface area contributed by atoms with Gasteiger partial charge in [0.25, 0.3) is 0 Å². The molecule has 2 aliphatic rings. The van der Waals surface area contributed by atoms with Gasteiger partial charge in [0.2, 0.25) is 5.91 Å². The first-order valence-corrected chi connectivity index (χ1v) is 8.90. The van der Waals surface area contributed by atoms with E-state index in [4.69, 9.17) is 0 Å². The van der Waals surface area contributed by atoms with Crippen LogP contribution in [-0.4, -0.2) is 72.5 Å². The Labute approximate surface area is 141 Å². The van der Waals surface area contributed by atoms with Gasteiger partial charge in [0.1, 0.15) is 6.04 Å². The topological polar surface area (TPSA) is 50.6 Å². The normalized spacial score (nSPS) is 23.7. The lowest BCUT2D eigenvalue weighted by Crippen LogP contribution is -2.54. The van der Waals surface area contributed by atoms with E-state index in [1.165, 1.54) is 12.8 Å². The highest BCUT2D eigenvalue weighted by Gasteiger charge is 2.44. The summed E-state index contributed by atoms with van der Waals surface area (Å²) >= 11 is 0. The molecule has 1 saturated carbocycles. The number of hydrogen-bond donors (Lipinski definition) is 0. The third kappa shape index (κ3) is 4.24. The van der Waals surface area contributed by atoms with Crippen molar-refractivity contribution in [2.24, 2.45) is 11.3 Å². The summed E-state index contributed by atoms with van der Waals surface area (Å²) in [7, 11) is 2.06. The van der Waals surface area contributed by atoms with Crippen molar-refractivity contribution in [2.75, 3.05) is 39.8 Å². The number of hydrogen-bond acceptors (Lipinski definition) is 4. The van der Waals surface area contributed by atoms with Crippen LogP contribution in [0.5, 0.6) is 0 Å². The molecule has 0 aromatic carbocycles. The minimum Gasteiger partial charge on any atom is -0.339 e. The van der Waals surface area contributed by atoms with E-state index in [1.807, 2.05) is 4.90 Å². The number of rotatable bonds is 6. The second kappa shape index (κ2) is 7.19. The van der Waals surface area contributed by atoms with Crippen LogP contribution in [0.3, 0.4) is 0 Å². The van der Waals surface area contributed by atoms with Crippen LogP contribution in [0.4, 0.5) is 0 Å². The second-order valence-corrected chi connectivity index (χ2v) is 7.98. The lowest BCUT2D eigenvalue weighted by Gasteiger charge is -2.39. The first-order valence-electron chi connectivity index (χ1n) is 8.90. The SMILES string of the molecule is CC(C)[C@H](C#N)N1CCN(C(=O)CN(C)[C@H](C)C2(C)CC2)CC1. The van der Waals surface area contributed by atoms with E-state index in [9.17, 15) is 10.1 Å². The van der Waals surface area contributed by atoms with Crippen molar-refractivity contribution in [1.82, 2.24) is 14.7 Å². The standard InChI is InChI=1S/C18H32N4O/c1-14(2)16(12-19)21-8-10-22(11-9-21)17(23)13-20(5)15(3)18(4)6-7-18/h14-16H,6-11,13H2,1-5H3/t15-,16+/m1/s1. The maximum atomic E-state index is 12.5. The van der Waals surface area contributed by atoms with Crippen molar-refractivity contribution in [2.45, 2.75) is 52.6 Å². The van der Waals surface area contributed by atoms with Crippen molar-refractivity contribution in [3.63, 3.8) is 0 Å². The molecule has 0 aromatic heterocycles. The molecule has 0 aromatic rings. The Bertz CT molecular complexity index is 458. The zero-order valence-electron chi connectivity index (χ0n) is 15.4. The van der Waals surface area contributed by atoms with Crippen molar-refractivity contribution in [1.29, 1.82) is 5.26 Å². The number of carbonyl (C=O) groups excluding carboxylic acids is 1. The molecule has 2 rings (SSSR count). The Balaban J connectivity index is 1.80. The van der Waals surface area contributed by atoms with Gasteiger partial charge in [-0.15, -0.1) is 0 Å². The van der Waals surface area contributed by atoms with Gasteiger partial charge in [-0.25, -0.2) is 0 Å². The Morgan fingerprint density at radius 2 is 1.78 bits per heavy atom. The lowest BCUT2D eigenvalue weighted by molar-refractivity contribution is -0.134. The molecule has 0 bridgehead atoms. The van der Waals surface area contributed by atoms with Crippen LogP contribution < -0.4 is 0 Å². The Kier molecular flexibility index (Phi) is 5.70. The molecule has 0 spiro atoms. The smallest absolute Gasteiger partial charge is 0.236 e. The molecule has 23 heavy (non-hydrogen) atoms. The number of likely N-dealkylation sites (N-methyl/N-ethyl adjacent to an activating group) is 1. The summed E-state index contributed by atoms with van der Waals surface area (Å²) < 4.78 is 0. The molecule has 0 N–H and O–H groups in total. The van der Waals surface area contributed by atoms with E-state index in [0.717, 1.165) is 26.2 Å². The summed E-state index contributed by atoms with van der Waals surface area (Å²) in [6.45, 7) is 12.3. The first kappa shape index (κ1) is 18.2. The fourth-order valence-corrected chi connectivity index (χ4v) is 3.50. The van der Waals surface area contributed by atoms with Crippen molar-refractivity contribution >= 4 is 5.91 Å². The van der Waals surface area contributed by atoms with E-state index in [2.05, 4.69) is 50.6 Å². The van der Waals surface area contributed by atoms with E-state index >= 15 is 0 Å². The number of amides is 1. The summed E-state index contributed by atoms with van der Waals surface area (Å²) in [6, 6.07) is 2.82. The van der Waals surface area contributed by atoms with Crippen LogP contribution in [0.25, 0.3) is 0 Å². The quantitative estimate of drug-likeness (QED) is 0.749. The molecule has 5 heteroatoms. The zero-order chi connectivity index (χ0) is 17.2. The van der Waals surface area contributed by atoms with Crippen LogP contribution in [0, 0.1) is 22.7 Å². The van der Waals surface area contributed by atoms with E-state index < -0.39 is 0 Å². The highest BCUT2D eigenvalue weighted by molar-refractivity contribution is 5.78. The average Bonchev–Trinajstić information content (AvgIpc) is 3.26. The highest BCUT2D eigenvalue weighted by Crippen LogP contribution is 2.49. The number of carbonyl (C=O) groups is 1. The zero-order valence-corrected chi connectivity index (χ0v) is 15.4.